The molecule has 1 aromatic carbocycles. The van der Waals surface area contributed by atoms with Gasteiger partial charge in [-0.05, 0) is 50.5 Å². The molecule has 6 nitrogen and oxygen atoms in total. The molecule has 0 spiro atoms. The highest BCUT2D eigenvalue weighted by molar-refractivity contribution is 5.92. The van der Waals surface area contributed by atoms with Crippen LogP contribution < -0.4 is 10.1 Å². The van der Waals surface area contributed by atoms with Gasteiger partial charge < -0.3 is 15.0 Å². The summed E-state index contributed by atoms with van der Waals surface area (Å²) in [5.41, 5.74) is 2.61. The van der Waals surface area contributed by atoms with E-state index < -0.39 is 0 Å². The number of carbonyl (C=O) groups excluding carboxylic acids is 2. The van der Waals surface area contributed by atoms with Crippen LogP contribution in [0, 0.1) is 13.8 Å². The first kappa shape index (κ1) is 18.9. The molecule has 0 aliphatic carbocycles. The van der Waals surface area contributed by atoms with Crippen molar-refractivity contribution >= 4 is 11.8 Å². The number of benzene rings is 1. The minimum atomic E-state index is -0.168. The number of aryl methyl sites for hydroxylation is 2. The highest BCUT2D eigenvalue weighted by Gasteiger charge is 2.24. The quantitative estimate of drug-likeness (QED) is 0.881. The summed E-state index contributed by atoms with van der Waals surface area (Å²) in [7, 11) is 0. The predicted octanol–water partition coefficient (Wildman–Crippen LogP) is 2.50. The summed E-state index contributed by atoms with van der Waals surface area (Å²) in [6, 6.07) is 11.2. The Morgan fingerprint density at radius 3 is 2.63 bits per heavy atom. The van der Waals surface area contributed by atoms with Gasteiger partial charge in [0.2, 0.25) is 0 Å². The molecular weight excluding hydrogens is 342 g/mol. The molecule has 1 N–H and O–H groups in total. The molecule has 2 aromatic rings. The van der Waals surface area contributed by atoms with Gasteiger partial charge in [0, 0.05) is 25.3 Å². The predicted molar refractivity (Wildman–Crippen MR) is 103 cm³/mol. The van der Waals surface area contributed by atoms with E-state index in [1.165, 1.54) is 5.56 Å². The molecule has 2 amide bonds. The minimum absolute atomic E-state index is 0.0236. The van der Waals surface area contributed by atoms with Crippen LogP contribution in [0.5, 0.6) is 5.75 Å². The molecule has 1 fully saturated rings. The van der Waals surface area contributed by atoms with Crippen LogP contribution in [-0.2, 0) is 4.79 Å². The second-order valence-electron chi connectivity index (χ2n) is 6.90. The van der Waals surface area contributed by atoms with Gasteiger partial charge in [-0.15, -0.1) is 0 Å². The number of nitrogens with one attached hydrogen (secondary N) is 1. The molecular formula is C21H25N3O3. The fourth-order valence-electron chi connectivity index (χ4n) is 3.22. The van der Waals surface area contributed by atoms with Crippen LogP contribution in [0.4, 0.5) is 0 Å². The summed E-state index contributed by atoms with van der Waals surface area (Å²) in [5, 5.41) is 2.99. The highest BCUT2D eigenvalue weighted by Crippen LogP contribution is 2.19. The number of hydrogen-bond donors (Lipinski definition) is 1. The van der Waals surface area contributed by atoms with Crippen molar-refractivity contribution in [3.8, 4) is 5.75 Å². The van der Waals surface area contributed by atoms with E-state index in [4.69, 9.17) is 4.74 Å². The minimum Gasteiger partial charge on any atom is -0.484 e. The molecule has 0 radical (unpaired) electrons. The fraction of sp³-hybridized carbons (Fsp3) is 0.381. The van der Waals surface area contributed by atoms with Gasteiger partial charge in [0.05, 0.1) is 0 Å². The molecule has 142 valence electrons. The number of nitrogens with zero attached hydrogens (tertiary/aromatic N) is 2. The summed E-state index contributed by atoms with van der Waals surface area (Å²) in [4.78, 5) is 30.4. The lowest BCUT2D eigenvalue weighted by Crippen LogP contribution is -2.47. The smallest absolute Gasteiger partial charge is 0.270 e. The average Bonchev–Trinajstić information content (AvgIpc) is 2.68. The van der Waals surface area contributed by atoms with E-state index in [9.17, 15) is 9.59 Å². The van der Waals surface area contributed by atoms with Gasteiger partial charge >= 0.3 is 0 Å². The van der Waals surface area contributed by atoms with Gasteiger partial charge in [-0.2, -0.15) is 0 Å². The molecule has 1 aliphatic rings. The number of rotatable bonds is 5. The highest BCUT2D eigenvalue weighted by atomic mass is 16.5. The van der Waals surface area contributed by atoms with Crippen LogP contribution in [0.2, 0.25) is 0 Å². The molecule has 0 atom stereocenters. The van der Waals surface area contributed by atoms with Crippen LogP contribution in [0.1, 0.15) is 34.5 Å². The normalized spacial score (nSPS) is 14.7. The van der Waals surface area contributed by atoms with Crippen LogP contribution >= 0.6 is 0 Å². The second kappa shape index (κ2) is 8.66. The Morgan fingerprint density at radius 2 is 1.96 bits per heavy atom. The number of hydrogen-bond acceptors (Lipinski definition) is 4. The van der Waals surface area contributed by atoms with E-state index >= 15 is 0 Å². The Hall–Kier alpha value is -2.89. The lowest BCUT2D eigenvalue weighted by Gasteiger charge is -2.32. The first-order valence-corrected chi connectivity index (χ1v) is 9.22. The van der Waals surface area contributed by atoms with Crippen molar-refractivity contribution in [2.75, 3.05) is 19.7 Å². The van der Waals surface area contributed by atoms with Crippen molar-refractivity contribution in [3.05, 3.63) is 59.4 Å². The third-order valence-electron chi connectivity index (χ3n) is 4.76. The Labute approximate surface area is 159 Å². The Kier molecular flexibility index (Phi) is 6.06. The summed E-state index contributed by atoms with van der Waals surface area (Å²) >= 11 is 0. The summed E-state index contributed by atoms with van der Waals surface area (Å²) in [6.45, 7) is 5.26. The lowest BCUT2D eigenvalue weighted by atomic mass is 10.0. The van der Waals surface area contributed by atoms with Crippen molar-refractivity contribution in [3.63, 3.8) is 0 Å². The molecule has 1 saturated heterocycles. The van der Waals surface area contributed by atoms with E-state index in [-0.39, 0.29) is 24.5 Å². The van der Waals surface area contributed by atoms with Crippen molar-refractivity contribution in [2.45, 2.75) is 32.7 Å². The van der Waals surface area contributed by atoms with Crippen molar-refractivity contribution in [1.82, 2.24) is 15.2 Å². The third-order valence-corrected chi connectivity index (χ3v) is 4.76. The van der Waals surface area contributed by atoms with Gasteiger partial charge in [0.15, 0.2) is 6.61 Å². The van der Waals surface area contributed by atoms with Crippen LogP contribution in [0.15, 0.2) is 42.6 Å². The summed E-state index contributed by atoms with van der Waals surface area (Å²) in [5.74, 6) is 0.550. The average molecular weight is 367 g/mol. The maximum absolute atomic E-state index is 12.4. The zero-order chi connectivity index (χ0) is 19.2. The summed E-state index contributed by atoms with van der Waals surface area (Å²) in [6.07, 6.45) is 3.06. The van der Waals surface area contributed by atoms with Crippen molar-refractivity contribution in [1.29, 1.82) is 0 Å². The fourth-order valence-corrected chi connectivity index (χ4v) is 3.22. The van der Waals surface area contributed by atoms with Crippen LogP contribution in [0.3, 0.4) is 0 Å². The number of likely N-dealkylation sites (tertiary alicyclic amines) is 1. The second-order valence-corrected chi connectivity index (χ2v) is 6.90. The van der Waals surface area contributed by atoms with Gasteiger partial charge in [0.25, 0.3) is 11.8 Å². The maximum Gasteiger partial charge on any atom is 0.270 e. The standard InChI is InChI=1S/C21H25N3O3/c1-15-6-7-19(16(2)13-15)27-14-20(25)24-11-8-17(9-12-24)23-21(26)18-5-3-4-10-22-18/h3-7,10,13,17H,8-9,11-12,14H2,1-2H3,(H,23,26). The lowest BCUT2D eigenvalue weighted by molar-refractivity contribution is -0.134. The zero-order valence-electron chi connectivity index (χ0n) is 15.8. The van der Waals surface area contributed by atoms with E-state index in [1.807, 2.05) is 32.0 Å². The third kappa shape index (κ3) is 5.06. The molecule has 27 heavy (non-hydrogen) atoms. The van der Waals surface area contributed by atoms with E-state index in [2.05, 4.69) is 10.3 Å². The molecule has 0 saturated carbocycles. The molecule has 3 rings (SSSR count). The van der Waals surface area contributed by atoms with Crippen molar-refractivity contribution in [2.24, 2.45) is 0 Å². The SMILES string of the molecule is Cc1ccc(OCC(=O)N2CCC(NC(=O)c3ccccn3)CC2)c(C)c1. The van der Waals surface area contributed by atoms with E-state index in [0.717, 1.165) is 24.2 Å². The molecule has 2 heterocycles. The first-order valence-electron chi connectivity index (χ1n) is 9.22. The van der Waals surface area contributed by atoms with Crippen LogP contribution in [0.25, 0.3) is 0 Å². The molecule has 0 bridgehead atoms. The number of carbonyl (C=O) groups is 2. The van der Waals surface area contributed by atoms with Gasteiger partial charge in [-0.1, -0.05) is 23.8 Å². The summed E-state index contributed by atoms with van der Waals surface area (Å²) < 4.78 is 5.69. The van der Waals surface area contributed by atoms with Crippen molar-refractivity contribution < 1.29 is 14.3 Å². The molecule has 6 heteroatoms. The number of amides is 2. The van der Waals surface area contributed by atoms with E-state index in [0.29, 0.717) is 18.8 Å². The van der Waals surface area contributed by atoms with Crippen LogP contribution in [-0.4, -0.2) is 47.4 Å². The molecule has 1 aromatic heterocycles. The van der Waals surface area contributed by atoms with Gasteiger partial charge in [0.1, 0.15) is 11.4 Å². The largest absolute Gasteiger partial charge is 0.484 e. The monoisotopic (exact) mass is 367 g/mol. The number of piperidine rings is 1. The number of aromatic nitrogens is 1. The number of ether oxygens (including phenoxy) is 1. The molecule has 1 aliphatic heterocycles. The molecule has 0 unspecified atom stereocenters. The Morgan fingerprint density at radius 1 is 1.19 bits per heavy atom. The topological polar surface area (TPSA) is 71.5 Å². The maximum atomic E-state index is 12.4. The van der Waals surface area contributed by atoms with Gasteiger partial charge in [-0.25, -0.2) is 0 Å². The van der Waals surface area contributed by atoms with Gasteiger partial charge in [-0.3, -0.25) is 14.6 Å². The first-order chi connectivity index (χ1) is 13.0. The number of pyridine rings is 1. The zero-order valence-corrected chi connectivity index (χ0v) is 15.8. The van der Waals surface area contributed by atoms with E-state index in [1.54, 1.807) is 29.3 Å². The Bertz CT molecular complexity index is 800. The Balaban J connectivity index is 1.44.